The second kappa shape index (κ2) is 10.4. The Morgan fingerprint density at radius 1 is 1.11 bits per heavy atom. The van der Waals surface area contributed by atoms with Crippen LogP contribution in [0.3, 0.4) is 0 Å². The number of hydrogen-bond donors (Lipinski definition) is 3. The van der Waals surface area contributed by atoms with E-state index in [1.807, 2.05) is 0 Å². The number of rotatable bonds is 5. The molecule has 4 aromatic rings. The number of morpholine rings is 1. The third kappa shape index (κ3) is 5.23. The van der Waals surface area contributed by atoms with Gasteiger partial charge in [0.25, 0.3) is 0 Å². The first-order valence-electron chi connectivity index (χ1n) is 11.0. The quantitative estimate of drug-likeness (QED) is 0.331. The highest BCUT2D eigenvalue weighted by molar-refractivity contribution is 7.19. The summed E-state index contributed by atoms with van der Waals surface area (Å²) < 4.78 is 21.2. The largest absolute Gasteiger partial charge is 0.378 e. The van der Waals surface area contributed by atoms with Crippen molar-refractivity contribution < 1.29 is 13.9 Å². The molecule has 9 nitrogen and oxygen atoms in total. The van der Waals surface area contributed by atoms with Gasteiger partial charge in [0.2, 0.25) is 5.95 Å². The summed E-state index contributed by atoms with van der Waals surface area (Å²) in [7, 11) is 0. The highest BCUT2D eigenvalue weighted by Gasteiger charge is 2.24. The van der Waals surface area contributed by atoms with Gasteiger partial charge in [-0.2, -0.15) is 0 Å². The zero-order chi connectivity index (χ0) is 25.1. The number of nitrogens with one attached hydrogen (secondary N) is 2. The van der Waals surface area contributed by atoms with Crippen LogP contribution in [0.4, 0.5) is 31.6 Å². The van der Waals surface area contributed by atoms with Crippen molar-refractivity contribution in [3.05, 3.63) is 65.6 Å². The smallest absolute Gasteiger partial charge is 0.323 e. The molecule has 0 unspecified atom stereocenters. The minimum Gasteiger partial charge on any atom is -0.378 e. The van der Waals surface area contributed by atoms with Crippen LogP contribution in [0.15, 0.2) is 54.7 Å². The maximum absolute atomic E-state index is 15.8. The lowest BCUT2D eigenvalue weighted by Crippen LogP contribution is -2.36. The van der Waals surface area contributed by atoms with E-state index < -0.39 is 11.8 Å². The normalized spacial score (nSPS) is 13.4. The number of nitrogen functional groups attached to an aromatic ring is 1. The SMILES string of the molecule is Nc1nccc(-c2nc(N3CCOCC3)sc2-c2cccc(NC(=O)Nc3cccc(Cl)c3)c2F)n1. The molecule has 0 atom stereocenters. The molecule has 1 saturated heterocycles. The number of aromatic nitrogens is 3. The van der Waals surface area contributed by atoms with Crippen LogP contribution >= 0.6 is 22.9 Å². The fourth-order valence-electron chi connectivity index (χ4n) is 3.72. The summed E-state index contributed by atoms with van der Waals surface area (Å²) in [5, 5.41) is 6.41. The maximum atomic E-state index is 15.8. The van der Waals surface area contributed by atoms with Crippen molar-refractivity contribution in [1.82, 2.24) is 15.0 Å². The monoisotopic (exact) mass is 525 g/mol. The van der Waals surface area contributed by atoms with Crippen LogP contribution < -0.4 is 21.3 Å². The van der Waals surface area contributed by atoms with Gasteiger partial charge in [-0.1, -0.05) is 41.1 Å². The van der Waals surface area contributed by atoms with Gasteiger partial charge in [-0.25, -0.2) is 24.1 Å². The number of halogens is 2. The van der Waals surface area contributed by atoms with Crippen molar-refractivity contribution in [2.45, 2.75) is 0 Å². The van der Waals surface area contributed by atoms with Gasteiger partial charge in [0.05, 0.1) is 29.5 Å². The molecule has 184 valence electrons. The van der Waals surface area contributed by atoms with Crippen molar-refractivity contribution >= 4 is 51.4 Å². The molecule has 0 saturated carbocycles. The lowest BCUT2D eigenvalue weighted by Gasteiger charge is -2.26. The average molecular weight is 526 g/mol. The summed E-state index contributed by atoms with van der Waals surface area (Å²) in [6.45, 7) is 2.51. The van der Waals surface area contributed by atoms with E-state index in [0.29, 0.717) is 53.3 Å². The zero-order valence-electron chi connectivity index (χ0n) is 18.9. The molecule has 0 spiro atoms. The number of ether oxygens (including phenoxy) is 1. The number of nitrogens with zero attached hydrogens (tertiary/aromatic N) is 4. The van der Waals surface area contributed by atoms with E-state index in [0.717, 1.165) is 5.13 Å². The fourth-order valence-corrected chi connectivity index (χ4v) is 5.05. The molecule has 4 N–H and O–H groups in total. The van der Waals surface area contributed by atoms with E-state index in [9.17, 15) is 4.79 Å². The van der Waals surface area contributed by atoms with Gasteiger partial charge in [-0.05, 0) is 30.3 Å². The van der Waals surface area contributed by atoms with Crippen LogP contribution in [-0.4, -0.2) is 47.3 Å². The molecule has 2 amide bonds. The first-order valence-corrected chi connectivity index (χ1v) is 12.2. The van der Waals surface area contributed by atoms with Crippen molar-refractivity contribution in [2.75, 3.05) is 47.6 Å². The molecule has 2 aromatic carbocycles. The minimum atomic E-state index is -0.601. The van der Waals surface area contributed by atoms with Crippen LogP contribution in [0.2, 0.25) is 5.02 Å². The summed E-state index contributed by atoms with van der Waals surface area (Å²) in [6, 6.07) is 12.5. The number of thiazole rings is 1. The van der Waals surface area contributed by atoms with Crippen LogP contribution in [0, 0.1) is 5.82 Å². The molecule has 36 heavy (non-hydrogen) atoms. The Balaban J connectivity index is 1.49. The third-order valence-corrected chi connectivity index (χ3v) is 6.77. The first kappa shape index (κ1) is 23.9. The molecule has 12 heteroatoms. The van der Waals surface area contributed by atoms with Crippen molar-refractivity contribution in [3.8, 4) is 21.8 Å². The molecule has 1 aliphatic rings. The molecular formula is C24H21ClFN7O2S. The molecule has 0 aliphatic carbocycles. The maximum Gasteiger partial charge on any atom is 0.323 e. The summed E-state index contributed by atoms with van der Waals surface area (Å²) in [4.78, 5) is 28.2. The number of benzene rings is 2. The number of carbonyl (C=O) groups excluding carboxylic acids is 1. The predicted octanol–water partition coefficient (Wildman–Crippen LogP) is 5.12. The van der Waals surface area contributed by atoms with Gasteiger partial charge >= 0.3 is 6.03 Å². The Morgan fingerprint density at radius 3 is 2.69 bits per heavy atom. The predicted molar refractivity (Wildman–Crippen MR) is 140 cm³/mol. The highest BCUT2D eigenvalue weighted by Crippen LogP contribution is 2.42. The Hall–Kier alpha value is -3.80. The lowest BCUT2D eigenvalue weighted by atomic mass is 10.1. The van der Waals surface area contributed by atoms with E-state index in [4.69, 9.17) is 27.1 Å². The van der Waals surface area contributed by atoms with Crippen molar-refractivity contribution in [1.29, 1.82) is 0 Å². The number of urea groups is 1. The van der Waals surface area contributed by atoms with Crippen LogP contribution in [0.25, 0.3) is 21.8 Å². The van der Waals surface area contributed by atoms with E-state index in [2.05, 4.69) is 25.5 Å². The van der Waals surface area contributed by atoms with Gasteiger partial charge in [0, 0.05) is 35.6 Å². The molecular weight excluding hydrogens is 505 g/mol. The number of carbonyl (C=O) groups is 1. The fraction of sp³-hybridized carbons (Fsp3) is 0.167. The van der Waals surface area contributed by atoms with Gasteiger partial charge in [-0.15, -0.1) is 0 Å². The Bertz CT molecular complexity index is 1410. The number of nitrogens with two attached hydrogens (primary N) is 1. The van der Waals surface area contributed by atoms with Crippen molar-refractivity contribution in [3.63, 3.8) is 0 Å². The molecule has 1 fully saturated rings. The number of amides is 2. The number of anilines is 4. The van der Waals surface area contributed by atoms with E-state index in [1.54, 1.807) is 42.5 Å². The molecule has 1 aliphatic heterocycles. The highest BCUT2D eigenvalue weighted by atomic mass is 35.5. The van der Waals surface area contributed by atoms with Gasteiger partial charge in [-0.3, -0.25) is 0 Å². The van der Waals surface area contributed by atoms with Crippen LogP contribution in [0.5, 0.6) is 0 Å². The minimum absolute atomic E-state index is 0.0153. The van der Waals surface area contributed by atoms with Gasteiger partial charge < -0.3 is 26.0 Å². The Morgan fingerprint density at radius 2 is 1.92 bits per heavy atom. The molecule has 0 bridgehead atoms. The third-order valence-electron chi connectivity index (χ3n) is 5.39. The van der Waals surface area contributed by atoms with Gasteiger partial charge in [0.15, 0.2) is 10.9 Å². The van der Waals surface area contributed by atoms with Gasteiger partial charge in [0.1, 0.15) is 5.69 Å². The molecule has 5 rings (SSSR count). The Labute approximate surface area is 215 Å². The summed E-state index contributed by atoms with van der Waals surface area (Å²) in [5.74, 6) is -0.507. The topological polar surface area (TPSA) is 118 Å². The Kier molecular flexibility index (Phi) is 6.94. The van der Waals surface area contributed by atoms with E-state index in [-0.39, 0.29) is 17.2 Å². The number of hydrogen-bond acceptors (Lipinski definition) is 8. The first-order chi connectivity index (χ1) is 17.5. The average Bonchev–Trinajstić information content (AvgIpc) is 3.31. The van der Waals surface area contributed by atoms with Crippen molar-refractivity contribution in [2.24, 2.45) is 0 Å². The lowest BCUT2D eigenvalue weighted by molar-refractivity contribution is 0.122. The second-order valence-corrected chi connectivity index (χ2v) is 9.24. The second-order valence-electron chi connectivity index (χ2n) is 7.83. The summed E-state index contributed by atoms with van der Waals surface area (Å²) in [5.41, 5.74) is 7.54. The standard InChI is InChI=1S/C24H21ClFN7O2S/c25-14-3-1-4-15(13-14)29-23(34)31-17-6-2-5-16(19(17)26)21-20(18-7-8-28-22(27)30-18)32-24(36-21)33-9-11-35-12-10-33/h1-8,13H,9-12H2,(H2,27,28,30)(H2,29,31,34). The summed E-state index contributed by atoms with van der Waals surface area (Å²) in [6.07, 6.45) is 1.53. The molecule has 0 radical (unpaired) electrons. The van der Waals surface area contributed by atoms with Crippen LogP contribution in [0.1, 0.15) is 0 Å². The molecule has 3 heterocycles. The molecule has 2 aromatic heterocycles. The van der Waals surface area contributed by atoms with E-state index >= 15 is 4.39 Å². The summed E-state index contributed by atoms with van der Waals surface area (Å²) >= 11 is 7.31. The van der Waals surface area contributed by atoms with E-state index in [1.165, 1.54) is 23.6 Å². The zero-order valence-corrected chi connectivity index (χ0v) is 20.4. The van der Waals surface area contributed by atoms with Crippen LogP contribution in [-0.2, 0) is 4.74 Å².